The zero-order chi connectivity index (χ0) is 14.8. The molecule has 112 valence electrons. The van der Waals surface area contributed by atoms with Crippen LogP contribution in [0.15, 0.2) is 29.2 Å². The number of benzene rings is 1. The van der Waals surface area contributed by atoms with E-state index in [4.69, 9.17) is 0 Å². The lowest BCUT2D eigenvalue weighted by Gasteiger charge is -2.40. The highest BCUT2D eigenvalue weighted by molar-refractivity contribution is 7.99. The van der Waals surface area contributed by atoms with Gasteiger partial charge in [-0.15, -0.1) is 0 Å². The average molecular weight is 299 g/mol. The first-order valence-corrected chi connectivity index (χ1v) is 8.05. The van der Waals surface area contributed by atoms with Crippen molar-refractivity contribution in [2.24, 2.45) is 11.3 Å². The summed E-state index contributed by atoms with van der Waals surface area (Å²) >= 11 is 0.592. The molecule has 1 nitrogen and oxygen atoms in total. The third kappa shape index (κ3) is 4.37. The summed E-state index contributed by atoms with van der Waals surface area (Å²) in [6, 6.07) is 7.80. The maximum atomic E-state index is 12.3. The van der Waals surface area contributed by atoms with Gasteiger partial charge in [-0.2, -0.15) is 8.78 Å². The fourth-order valence-electron chi connectivity index (χ4n) is 3.11. The van der Waals surface area contributed by atoms with E-state index in [2.05, 4.69) is 26.1 Å². The Morgan fingerprint density at radius 2 is 1.90 bits per heavy atom. The number of alkyl halides is 2. The molecular formula is C16H23F2NS. The van der Waals surface area contributed by atoms with Crippen molar-refractivity contribution in [2.45, 2.75) is 56.7 Å². The van der Waals surface area contributed by atoms with Gasteiger partial charge in [-0.1, -0.05) is 32.5 Å². The topological polar surface area (TPSA) is 12.0 Å². The maximum Gasteiger partial charge on any atom is 0.288 e. The number of hydrogen-bond donors (Lipinski definition) is 1. The molecule has 0 spiro atoms. The molecule has 1 aromatic carbocycles. The summed E-state index contributed by atoms with van der Waals surface area (Å²) < 4.78 is 24.5. The first-order valence-electron chi connectivity index (χ1n) is 7.17. The SMILES string of the molecule is CC1CC(C)(C)CCC1Nc1ccc(SC(F)F)cc1. The molecule has 0 amide bonds. The number of thioether (sulfide) groups is 1. The summed E-state index contributed by atoms with van der Waals surface area (Å²) in [5.41, 5.74) is 1.47. The molecular weight excluding hydrogens is 276 g/mol. The Kier molecular flexibility index (Phi) is 4.95. The lowest BCUT2D eigenvalue weighted by atomic mass is 9.70. The van der Waals surface area contributed by atoms with Gasteiger partial charge in [0, 0.05) is 16.6 Å². The van der Waals surface area contributed by atoms with Crippen LogP contribution in [0.1, 0.15) is 40.0 Å². The molecule has 20 heavy (non-hydrogen) atoms. The lowest BCUT2D eigenvalue weighted by molar-refractivity contribution is 0.177. The van der Waals surface area contributed by atoms with Crippen LogP contribution < -0.4 is 5.32 Å². The van der Waals surface area contributed by atoms with E-state index in [1.807, 2.05) is 12.1 Å². The minimum atomic E-state index is -2.35. The summed E-state index contributed by atoms with van der Waals surface area (Å²) in [6.07, 6.45) is 3.63. The van der Waals surface area contributed by atoms with E-state index < -0.39 is 5.76 Å². The maximum absolute atomic E-state index is 12.3. The van der Waals surface area contributed by atoms with Crippen LogP contribution in [-0.4, -0.2) is 11.8 Å². The van der Waals surface area contributed by atoms with Crippen LogP contribution in [0, 0.1) is 11.3 Å². The van der Waals surface area contributed by atoms with Crippen molar-refractivity contribution >= 4 is 17.4 Å². The zero-order valence-electron chi connectivity index (χ0n) is 12.3. The largest absolute Gasteiger partial charge is 0.382 e. The van der Waals surface area contributed by atoms with Crippen molar-refractivity contribution < 1.29 is 8.78 Å². The predicted octanol–water partition coefficient (Wildman–Crippen LogP) is 5.63. The molecule has 1 aliphatic carbocycles. The molecule has 1 aliphatic rings. The number of rotatable bonds is 4. The van der Waals surface area contributed by atoms with Gasteiger partial charge in [0.15, 0.2) is 0 Å². The molecule has 0 aromatic heterocycles. The fraction of sp³-hybridized carbons (Fsp3) is 0.625. The first kappa shape index (κ1) is 15.6. The predicted molar refractivity (Wildman–Crippen MR) is 82.5 cm³/mol. The molecule has 0 heterocycles. The van der Waals surface area contributed by atoms with Crippen molar-refractivity contribution in [1.29, 1.82) is 0 Å². The van der Waals surface area contributed by atoms with Crippen LogP contribution in [0.2, 0.25) is 0 Å². The molecule has 0 aliphatic heterocycles. The summed E-state index contributed by atoms with van der Waals surface area (Å²) in [6.45, 7) is 6.95. The second-order valence-corrected chi connectivity index (χ2v) is 7.60. The van der Waals surface area contributed by atoms with Gasteiger partial charge in [0.05, 0.1) is 0 Å². The molecule has 0 bridgehead atoms. The van der Waals surface area contributed by atoms with Crippen LogP contribution in [0.25, 0.3) is 0 Å². The van der Waals surface area contributed by atoms with Crippen LogP contribution in [0.5, 0.6) is 0 Å². The van der Waals surface area contributed by atoms with Gasteiger partial charge in [-0.3, -0.25) is 0 Å². The van der Waals surface area contributed by atoms with Gasteiger partial charge in [0.25, 0.3) is 5.76 Å². The molecule has 2 rings (SSSR count). The van der Waals surface area contributed by atoms with E-state index >= 15 is 0 Å². The Balaban J connectivity index is 1.93. The molecule has 2 unspecified atom stereocenters. The first-order chi connectivity index (χ1) is 9.35. The van der Waals surface area contributed by atoms with Crippen LogP contribution in [-0.2, 0) is 0 Å². The van der Waals surface area contributed by atoms with Crippen molar-refractivity contribution in [1.82, 2.24) is 0 Å². The second kappa shape index (κ2) is 6.33. The molecule has 1 aromatic rings. The van der Waals surface area contributed by atoms with Crippen LogP contribution >= 0.6 is 11.8 Å². The van der Waals surface area contributed by atoms with E-state index in [9.17, 15) is 8.78 Å². The molecule has 4 heteroatoms. The third-order valence-electron chi connectivity index (χ3n) is 4.13. The minimum absolute atomic E-state index is 0.440. The van der Waals surface area contributed by atoms with Crippen molar-refractivity contribution in [2.75, 3.05) is 5.32 Å². The van der Waals surface area contributed by atoms with Crippen LogP contribution in [0.3, 0.4) is 0 Å². The second-order valence-electron chi connectivity index (χ2n) is 6.54. The molecule has 0 radical (unpaired) electrons. The van der Waals surface area contributed by atoms with E-state index in [1.165, 1.54) is 19.3 Å². The van der Waals surface area contributed by atoms with E-state index in [0.717, 1.165) is 5.69 Å². The summed E-state index contributed by atoms with van der Waals surface area (Å²) in [7, 11) is 0. The Bertz CT molecular complexity index is 431. The van der Waals surface area contributed by atoms with E-state index in [-0.39, 0.29) is 0 Å². The summed E-state index contributed by atoms with van der Waals surface area (Å²) in [5, 5.41) is 3.55. The normalized spacial score (nSPS) is 25.7. The average Bonchev–Trinajstić information content (AvgIpc) is 2.34. The number of hydrogen-bond acceptors (Lipinski definition) is 2. The highest BCUT2D eigenvalue weighted by Crippen LogP contribution is 2.39. The number of anilines is 1. The highest BCUT2D eigenvalue weighted by atomic mass is 32.2. The van der Waals surface area contributed by atoms with Gasteiger partial charge in [0.2, 0.25) is 0 Å². The Morgan fingerprint density at radius 1 is 1.25 bits per heavy atom. The molecule has 1 fully saturated rings. The quantitative estimate of drug-likeness (QED) is 0.723. The zero-order valence-corrected chi connectivity index (χ0v) is 13.1. The van der Waals surface area contributed by atoms with Gasteiger partial charge in [-0.05, 0) is 54.9 Å². The van der Waals surface area contributed by atoms with Gasteiger partial charge in [-0.25, -0.2) is 0 Å². The van der Waals surface area contributed by atoms with Crippen molar-refractivity contribution in [3.63, 3.8) is 0 Å². The smallest absolute Gasteiger partial charge is 0.288 e. The molecule has 0 saturated heterocycles. The summed E-state index contributed by atoms with van der Waals surface area (Å²) in [4.78, 5) is 0.614. The van der Waals surface area contributed by atoms with E-state index in [0.29, 0.717) is 34.0 Å². The fourth-order valence-corrected chi connectivity index (χ4v) is 3.61. The molecule has 1 saturated carbocycles. The molecule has 2 atom stereocenters. The van der Waals surface area contributed by atoms with Crippen molar-refractivity contribution in [3.05, 3.63) is 24.3 Å². The van der Waals surface area contributed by atoms with Gasteiger partial charge >= 0.3 is 0 Å². The number of halogens is 2. The summed E-state index contributed by atoms with van der Waals surface area (Å²) in [5.74, 6) is -1.72. The minimum Gasteiger partial charge on any atom is -0.382 e. The van der Waals surface area contributed by atoms with Crippen molar-refractivity contribution in [3.8, 4) is 0 Å². The molecule has 1 N–H and O–H groups in total. The van der Waals surface area contributed by atoms with Gasteiger partial charge < -0.3 is 5.32 Å². The third-order valence-corrected chi connectivity index (χ3v) is 4.85. The highest BCUT2D eigenvalue weighted by Gasteiger charge is 2.32. The van der Waals surface area contributed by atoms with Crippen LogP contribution in [0.4, 0.5) is 14.5 Å². The standard InChI is InChI=1S/C16H23F2NS/c1-11-10-16(2,3)9-8-14(11)19-12-4-6-13(7-5-12)20-15(17)18/h4-7,11,14-15,19H,8-10H2,1-3H3. The monoisotopic (exact) mass is 299 g/mol. The van der Waals surface area contributed by atoms with Gasteiger partial charge in [0.1, 0.15) is 0 Å². The van der Waals surface area contributed by atoms with E-state index in [1.54, 1.807) is 12.1 Å². The Morgan fingerprint density at radius 3 is 2.45 bits per heavy atom. The lowest BCUT2D eigenvalue weighted by Crippen LogP contribution is -2.36. The Hall–Kier alpha value is -0.770. The number of nitrogens with one attached hydrogen (secondary N) is 1. The Labute approximate surface area is 124 Å².